The molecule has 3 aromatic rings. The first-order chi connectivity index (χ1) is 14.4. The predicted octanol–water partition coefficient (Wildman–Crippen LogP) is 4.96. The summed E-state index contributed by atoms with van der Waals surface area (Å²) >= 11 is 0. The lowest BCUT2D eigenvalue weighted by molar-refractivity contribution is 0.0270. The van der Waals surface area contributed by atoms with Gasteiger partial charge in [0.1, 0.15) is 5.60 Å². The molecule has 1 aromatic heterocycles. The SMILES string of the molecule is CC(C)(C)OC(=O)N1CC=C(c2nc(-c3ccccc3)n(-c3ccccc3)n2)CC1. The number of aromatic nitrogens is 3. The van der Waals surface area contributed by atoms with E-state index in [4.69, 9.17) is 14.8 Å². The highest BCUT2D eigenvalue weighted by atomic mass is 16.6. The number of rotatable bonds is 3. The molecule has 2 aromatic carbocycles. The van der Waals surface area contributed by atoms with Crippen LogP contribution in [0.25, 0.3) is 22.6 Å². The summed E-state index contributed by atoms with van der Waals surface area (Å²) < 4.78 is 7.36. The van der Waals surface area contributed by atoms with Gasteiger partial charge in [0.05, 0.1) is 5.69 Å². The molecule has 0 saturated heterocycles. The molecule has 6 nitrogen and oxygen atoms in total. The summed E-state index contributed by atoms with van der Waals surface area (Å²) in [7, 11) is 0. The predicted molar refractivity (Wildman–Crippen MR) is 117 cm³/mol. The fourth-order valence-electron chi connectivity index (χ4n) is 3.34. The standard InChI is InChI=1S/C24H26N4O2/c1-24(2,3)30-23(29)27-16-14-18(15-17-27)21-25-22(19-10-6-4-7-11-19)28(26-21)20-12-8-5-9-13-20/h4-14H,15-17H2,1-3H3. The van der Waals surface area contributed by atoms with Gasteiger partial charge in [-0.15, -0.1) is 5.10 Å². The van der Waals surface area contributed by atoms with Crippen LogP contribution in [-0.4, -0.2) is 44.4 Å². The third kappa shape index (κ3) is 4.43. The molecular formula is C24H26N4O2. The average molecular weight is 402 g/mol. The third-order valence-corrected chi connectivity index (χ3v) is 4.79. The minimum Gasteiger partial charge on any atom is -0.444 e. The van der Waals surface area contributed by atoms with Crippen LogP contribution in [-0.2, 0) is 4.74 Å². The van der Waals surface area contributed by atoms with Gasteiger partial charge in [-0.2, -0.15) is 0 Å². The highest BCUT2D eigenvalue weighted by Crippen LogP contribution is 2.26. The van der Waals surface area contributed by atoms with E-state index in [9.17, 15) is 4.79 Å². The van der Waals surface area contributed by atoms with Crippen LogP contribution in [0.5, 0.6) is 0 Å². The van der Waals surface area contributed by atoms with Crippen molar-refractivity contribution in [1.29, 1.82) is 0 Å². The van der Waals surface area contributed by atoms with Crippen LogP contribution in [0.3, 0.4) is 0 Å². The Morgan fingerprint density at radius 2 is 1.67 bits per heavy atom. The maximum absolute atomic E-state index is 12.3. The second-order valence-electron chi connectivity index (χ2n) is 8.28. The van der Waals surface area contributed by atoms with E-state index in [1.54, 1.807) is 4.90 Å². The lowest BCUT2D eigenvalue weighted by Gasteiger charge is -2.29. The molecule has 0 aliphatic carbocycles. The second kappa shape index (κ2) is 8.14. The summed E-state index contributed by atoms with van der Waals surface area (Å²) in [5.41, 5.74) is 2.51. The van der Waals surface area contributed by atoms with Gasteiger partial charge >= 0.3 is 6.09 Å². The zero-order chi connectivity index (χ0) is 21.1. The van der Waals surface area contributed by atoms with E-state index in [1.165, 1.54) is 0 Å². The van der Waals surface area contributed by atoms with Crippen LogP contribution in [0.4, 0.5) is 4.79 Å². The minimum atomic E-state index is -0.498. The highest BCUT2D eigenvalue weighted by molar-refractivity contribution is 5.72. The average Bonchev–Trinajstić information content (AvgIpc) is 3.19. The van der Waals surface area contributed by atoms with Crippen molar-refractivity contribution in [2.75, 3.05) is 13.1 Å². The molecule has 0 bridgehead atoms. The molecule has 0 radical (unpaired) electrons. The van der Waals surface area contributed by atoms with Crippen molar-refractivity contribution in [2.24, 2.45) is 0 Å². The summed E-state index contributed by atoms with van der Waals surface area (Å²) in [5.74, 6) is 1.49. The van der Waals surface area contributed by atoms with Crippen LogP contribution in [0, 0.1) is 0 Å². The molecule has 0 saturated carbocycles. The Morgan fingerprint density at radius 3 is 2.27 bits per heavy atom. The van der Waals surface area contributed by atoms with Crippen molar-refractivity contribution in [3.05, 3.63) is 72.6 Å². The lowest BCUT2D eigenvalue weighted by atomic mass is 10.1. The Balaban J connectivity index is 1.63. The number of hydrogen-bond donors (Lipinski definition) is 0. The summed E-state index contributed by atoms with van der Waals surface area (Å²) in [5, 5.41) is 4.81. The Morgan fingerprint density at radius 1 is 1.00 bits per heavy atom. The van der Waals surface area contributed by atoms with Gasteiger partial charge in [0, 0.05) is 18.7 Å². The number of para-hydroxylation sites is 1. The van der Waals surface area contributed by atoms with E-state index < -0.39 is 5.60 Å². The maximum atomic E-state index is 12.3. The topological polar surface area (TPSA) is 60.2 Å². The molecule has 0 fully saturated rings. The zero-order valence-corrected chi connectivity index (χ0v) is 17.6. The normalized spacial score (nSPS) is 14.4. The number of amides is 1. The van der Waals surface area contributed by atoms with E-state index in [2.05, 4.69) is 0 Å². The summed E-state index contributed by atoms with van der Waals surface area (Å²) in [6, 6.07) is 20.1. The number of ether oxygens (including phenoxy) is 1. The first kappa shape index (κ1) is 19.9. The molecule has 1 aliphatic rings. The second-order valence-corrected chi connectivity index (χ2v) is 8.28. The summed E-state index contributed by atoms with van der Waals surface area (Å²) in [4.78, 5) is 18.9. The van der Waals surface area contributed by atoms with Crippen molar-refractivity contribution in [2.45, 2.75) is 32.8 Å². The van der Waals surface area contributed by atoms with Crippen LogP contribution < -0.4 is 0 Å². The monoisotopic (exact) mass is 402 g/mol. The highest BCUT2D eigenvalue weighted by Gasteiger charge is 2.25. The third-order valence-electron chi connectivity index (χ3n) is 4.79. The van der Waals surface area contributed by atoms with E-state index in [1.807, 2.05) is 92.2 Å². The molecule has 2 heterocycles. The van der Waals surface area contributed by atoms with Crippen LogP contribution in [0.15, 0.2) is 66.7 Å². The quantitative estimate of drug-likeness (QED) is 0.621. The molecule has 154 valence electrons. The Bertz CT molecular complexity index is 993. The van der Waals surface area contributed by atoms with Crippen molar-refractivity contribution < 1.29 is 9.53 Å². The number of nitrogens with zero attached hydrogens (tertiary/aromatic N) is 4. The lowest BCUT2D eigenvalue weighted by Crippen LogP contribution is -2.39. The summed E-state index contributed by atoms with van der Waals surface area (Å²) in [6.07, 6.45) is 2.42. The molecule has 0 atom stereocenters. The van der Waals surface area contributed by atoms with E-state index in [0.717, 1.165) is 22.6 Å². The van der Waals surface area contributed by atoms with Gasteiger partial charge in [0.2, 0.25) is 0 Å². The van der Waals surface area contributed by atoms with Gasteiger partial charge in [0.15, 0.2) is 11.6 Å². The molecular weight excluding hydrogens is 376 g/mol. The fourth-order valence-corrected chi connectivity index (χ4v) is 3.34. The molecule has 1 aliphatic heterocycles. The maximum Gasteiger partial charge on any atom is 0.410 e. The molecule has 0 spiro atoms. The van der Waals surface area contributed by atoms with Gasteiger partial charge in [0.25, 0.3) is 0 Å². The number of benzene rings is 2. The van der Waals surface area contributed by atoms with E-state index >= 15 is 0 Å². The number of hydrogen-bond acceptors (Lipinski definition) is 4. The first-order valence-corrected chi connectivity index (χ1v) is 10.2. The van der Waals surface area contributed by atoms with Crippen LogP contribution in [0.1, 0.15) is 33.0 Å². The number of carbonyl (C=O) groups excluding carboxylic acids is 1. The molecule has 4 rings (SSSR count). The van der Waals surface area contributed by atoms with Gasteiger partial charge in [-0.05, 0) is 44.9 Å². The summed E-state index contributed by atoms with van der Waals surface area (Å²) in [6.45, 7) is 6.70. The minimum absolute atomic E-state index is 0.287. The van der Waals surface area contributed by atoms with Gasteiger partial charge < -0.3 is 9.64 Å². The van der Waals surface area contributed by atoms with Crippen molar-refractivity contribution in [1.82, 2.24) is 19.7 Å². The zero-order valence-electron chi connectivity index (χ0n) is 17.6. The molecule has 0 N–H and O–H groups in total. The van der Waals surface area contributed by atoms with Gasteiger partial charge in [-0.25, -0.2) is 14.5 Å². The van der Waals surface area contributed by atoms with Crippen molar-refractivity contribution >= 4 is 11.7 Å². The van der Waals surface area contributed by atoms with E-state index in [0.29, 0.717) is 25.3 Å². The largest absolute Gasteiger partial charge is 0.444 e. The van der Waals surface area contributed by atoms with Crippen molar-refractivity contribution in [3.8, 4) is 17.1 Å². The van der Waals surface area contributed by atoms with Crippen LogP contribution >= 0.6 is 0 Å². The number of carbonyl (C=O) groups is 1. The van der Waals surface area contributed by atoms with Gasteiger partial charge in [-0.1, -0.05) is 54.6 Å². The van der Waals surface area contributed by atoms with Crippen LogP contribution in [0.2, 0.25) is 0 Å². The van der Waals surface area contributed by atoms with E-state index in [-0.39, 0.29) is 6.09 Å². The fraction of sp³-hybridized carbons (Fsp3) is 0.292. The smallest absolute Gasteiger partial charge is 0.410 e. The van der Waals surface area contributed by atoms with Gasteiger partial charge in [-0.3, -0.25) is 0 Å². The Hall–Kier alpha value is -3.41. The Kier molecular flexibility index (Phi) is 5.40. The molecule has 1 amide bonds. The van der Waals surface area contributed by atoms with Crippen molar-refractivity contribution in [3.63, 3.8) is 0 Å². The molecule has 0 unspecified atom stereocenters. The molecule has 6 heteroatoms. The molecule has 30 heavy (non-hydrogen) atoms. The Labute approximate surface area is 176 Å². The first-order valence-electron chi connectivity index (χ1n) is 10.2.